The van der Waals surface area contributed by atoms with Crippen LogP contribution in [0.5, 0.6) is 0 Å². The van der Waals surface area contributed by atoms with Crippen LogP contribution >= 0.6 is 0 Å². The number of rotatable bonds is 13. The van der Waals surface area contributed by atoms with Gasteiger partial charge in [0.05, 0.1) is 57.5 Å². The molecule has 372 valence electrons. The number of H-pyrrole nitrogens is 1. The molecule has 0 spiro atoms. The van der Waals surface area contributed by atoms with E-state index in [1.54, 1.807) is 64.9 Å². The first-order chi connectivity index (χ1) is 34.4. The predicted molar refractivity (Wildman–Crippen MR) is 272 cm³/mol. The second-order valence-corrected chi connectivity index (χ2v) is 26.2. The van der Waals surface area contributed by atoms with Gasteiger partial charge in [0, 0.05) is 64.0 Å². The zero-order valence-electron chi connectivity index (χ0n) is 41.6. The van der Waals surface area contributed by atoms with E-state index in [1.807, 2.05) is 13.8 Å². The Balaban J connectivity index is 0.000000182. The lowest BCUT2D eigenvalue weighted by molar-refractivity contribution is 0.0882. The highest BCUT2D eigenvalue weighted by Gasteiger charge is 2.42. The normalized spacial score (nSPS) is 16.1. The molecule has 72 heavy (non-hydrogen) atoms. The molecule has 8 aromatic rings. The molecule has 2 aliphatic carbocycles. The highest BCUT2D eigenvalue weighted by Crippen LogP contribution is 2.42. The average Bonchev–Trinajstić information content (AvgIpc) is 4.24. The Labute approximate surface area is 416 Å². The summed E-state index contributed by atoms with van der Waals surface area (Å²) in [6, 6.07) is 14.3. The Morgan fingerprint density at radius 2 is 1.28 bits per heavy atom. The third-order valence-electron chi connectivity index (χ3n) is 14.6. The van der Waals surface area contributed by atoms with Crippen molar-refractivity contribution in [3.8, 4) is 34.9 Å². The molecule has 2 amide bonds. The third kappa shape index (κ3) is 9.56. The van der Waals surface area contributed by atoms with Crippen LogP contribution in [0.2, 0.25) is 25.7 Å². The first kappa shape index (κ1) is 49.6. The van der Waals surface area contributed by atoms with Crippen molar-refractivity contribution >= 4 is 64.0 Å². The fourth-order valence-corrected chi connectivity index (χ4v) is 10.9. The molecule has 2 aromatic carbocycles. The van der Waals surface area contributed by atoms with E-state index in [1.165, 1.54) is 24.3 Å². The number of nitriles is 2. The lowest BCUT2D eigenvalue weighted by atomic mass is 9.81. The number of aromatic amines is 1. The summed E-state index contributed by atoms with van der Waals surface area (Å²) < 4.78 is 38.6. The van der Waals surface area contributed by atoms with E-state index < -0.39 is 18.9 Å². The van der Waals surface area contributed by atoms with Gasteiger partial charge < -0.3 is 24.9 Å². The molecule has 6 aromatic heterocycles. The van der Waals surface area contributed by atoms with Crippen molar-refractivity contribution in [1.82, 2.24) is 59.7 Å². The van der Waals surface area contributed by atoms with Crippen LogP contribution in [0, 0.1) is 45.1 Å². The van der Waals surface area contributed by atoms with Crippen molar-refractivity contribution < 1.29 is 23.1 Å². The van der Waals surface area contributed by atoms with Gasteiger partial charge in [-0.3, -0.25) is 19.0 Å². The van der Waals surface area contributed by atoms with Crippen molar-refractivity contribution in [2.24, 2.45) is 24.9 Å². The summed E-state index contributed by atoms with van der Waals surface area (Å²) in [6.45, 7) is 11.6. The molecule has 3 N–H and O–H groups in total. The number of aromatic nitrogens is 10. The Morgan fingerprint density at radius 3 is 1.79 bits per heavy atom. The van der Waals surface area contributed by atoms with E-state index >= 15 is 0 Å². The number of nitrogens with one attached hydrogen (secondary N) is 3. The van der Waals surface area contributed by atoms with Crippen LogP contribution < -0.4 is 10.6 Å². The Kier molecular flexibility index (Phi) is 13.5. The summed E-state index contributed by atoms with van der Waals surface area (Å²) in [5, 5.41) is 36.3. The summed E-state index contributed by atoms with van der Waals surface area (Å²) in [4.78, 5) is 48.3. The maximum atomic E-state index is 13.9. The number of aryl methyl sites for hydroxylation is 2. The molecule has 20 heteroatoms. The summed E-state index contributed by atoms with van der Waals surface area (Å²) in [6.07, 6.45) is 13.6. The van der Waals surface area contributed by atoms with Crippen LogP contribution in [0.4, 0.5) is 8.78 Å². The number of carbonyl (C=O) groups is 2. The molecule has 2 saturated carbocycles. The van der Waals surface area contributed by atoms with Gasteiger partial charge in [0.15, 0.2) is 11.3 Å². The Hall–Kier alpha value is -7.42. The minimum atomic E-state index is -1.26. The fourth-order valence-electron chi connectivity index (χ4n) is 10.1. The largest absolute Gasteiger partial charge is 0.361 e. The number of fused-ring (bicyclic) bond motifs is 4. The minimum Gasteiger partial charge on any atom is -0.361 e. The summed E-state index contributed by atoms with van der Waals surface area (Å²) in [5.41, 5.74) is 4.84. The van der Waals surface area contributed by atoms with E-state index in [-0.39, 0.29) is 42.3 Å². The zero-order valence-corrected chi connectivity index (χ0v) is 42.6. The number of benzene rings is 2. The number of halogens is 2. The molecule has 0 bridgehead atoms. The van der Waals surface area contributed by atoms with Crippen molar-refractivity contribution in [3.05, 3.63) is 83.9 Å². The lowest BCUT2D eigenvalue weighted by Crippen LogP contribution is -2.44. The topological polar surface area (TPSA) is 223 Å². The van der Waals surface area contributed by atoms with Crippen LogP contribution in [-0.4, -0.2) is 87.6 Å². The van der Waals surface area contributed by atoms with Gasteiger partial charge in [0.25, 0.3) is 11.8 Å². The second kappa shape index (κ2) is 19.6. The molecule has 2 aliphatic rings. The van der Waals surface area contributed by atoms with Crippen LogP contribution in [0.15, 0.2) is 61.2 Å². The van der Waals surface area contributed by atoms with Gasteiger partial charge in [-0.15, -0.1) is 0 Å². The first-order valence-corrected chi connectivity index (χ1v) is 28.1. The predicted octanol–water partition coefficient (Wildman–Crippen LogP) is 9.49. The van der Waals surface area contributed by atoms with Crippen LogP contribution in [0.1, 0.15) is 85.9 Å². The average molecular weight is 993 g/mol. The molecule has 0 radical (unpaired) electrons. The summed E-state index contributed by atoms with van der Waals surface area (Å²) in [7, 11) is 2.23. The van der Waals surface area contributed by atoms with Crippen molar-refractivity contribution in [3.63, 3.8) is 0 Å². The zero-order chi connectivity index (χ0) is 51.1. The monoisotopic (exact) mass is 992 g/mol. The molecule has 0 aliphatic heterocycles. The van der Waals surface area contributed by atoms with Gasteiger partial charge in [0.2, 0.25) is 0 Å². The Bertz CT molecular complexity index is 3450. The van der Waals surface area contributed by atoms with Gasteiger partial charge in [0.1, 0.15) is 52.2 Å². The molecule has 6 heterocycles. The number of amides is 2. The van der Waals surface area contributed by atoms with E-state index in [0.717, 1.165) is 68.2 Å². The van der Waals surface area contributed by atoms with Gasteiger partial charge in [-0.2, -0.15) is 20.7 Å². The number of nitrogens with zero attached hydrogens (tertiary/aromatic N) is 11. The van der Waals surface area contributed by atoms with Gasteiger partial charge >= 0.3 is 0 Å². The number of ether oxygens (including phenoxy) is 1. The maximum absolute atomic E-state index is 13.9. The molecule has 0 unspecified atom stereocenters. The molecule has 0 saturated heterocycles. The second-order valence-electron chi connectivity index (χ2n) is 20.6. The summed E-state index contributed by atoms with van der Waals surface area (Å²) in [5.74, 6) is -1.30. The number of hydrogen-bond donors (Lipinski definition) is 3. The smallest absolute Gasteiger partial charge is 0.255 e. The molecule has 10 rings (SSSR count). The van der Waals surface area contributed by atoms with Crippen molar-refractivity contribution in [2.45, 2.75) is 110 Å². The Morgan fingerprint density at radius 1 is 0.778 bits per heavy atom. The quantitative estimate of drug-likeness (QED) is 0.0729. The number of carbonyl (C=O) groups excluding carboxylic acids is 2. The lowest BCUT2D eigenvalue weighted by Gasteiger charge is -2.28. The maximum Gasteiger partial charge on any atom is 0.255 e. The fraction of sp³-hybridized carbons (Fsp3) is 0.423. The third-order valence-corrected chi connectivity index (χ3v) is 16.3. The highest BCUT2D eigenvalue weighted by molar-refractivity contribution is 6.76. The van der Waals surface area contributed by atoms with Crippen LogP contribution in [-0.2, 0) is 25.6 Å². The van der Waals surface area contributed by atoms with E-state index in [0.29, 0.717) is 73.9 Å². The van der Waals surface area contributed by atoms with Gasteiger partial charge in [-0.05, 0) is 82.0 Å². The van der Waals surface area contributed by atoms with Gasteiger partial charge in [-0.25, -0.2) is 28.7 Å². The minimum absolute atomic E-state index is 0.242. The standard InChI is InChI=1S/C29H36FN7O2Si.C23H22FN7O/c1-19(29(17-31)10-6-7-11-29)33-28(38)22-16-37(18-39-12-13-40(3,4)5)27-26(22)34-23(15-32-27)25-21-9-8-20(30)14-24(21)36(2)35-25;1-13(23(12-25)7-3-4-8-23)28-22(32)16-10-26-21-20(16)29-17(11-27-21)19-15-6-5-14(24)9-18(15)31(2)30-19/h8-9,14-16,19H,6-7,10-13,18H2,1-5H3,(H,33,38);5-6,9-11,13H,3-4,7-8H2,1-2H3,(H,26,27)(H,28,32)/t19-;13-/m11/s1. The number of hydrogen-bond acceptors (Lipinski definition) is 11. The molecular formula is C52H58F2N14O3Si. The van der Waals surface area contributed by atoms with Gasteiger partial charge in [-0.1, -0.05) is 45.3 Å². The molecule has 2 atom stereocenters. The SMILES string of the molecule is C[C@@H](NC(=O)c1c[nH]c2ncc(-c3nn(C)c4cc(F)ccc34)nc12)C1(C#N)CCCC1.C[C@@H](NC(=O)c1cn(COCC[Si](C)(C)C)c2ncc(-c3nn(C)c4cc(F)ccc34)nc12)C1(C#N)CCCC1. The van der Waals surface area contributed by atoms with Crippen LogP contribution in [0.3, 0.4) is 0 Å². The first-order valence-electron chi connectivity index (χ1n) is 24.4. The summed E-state index contributed by atoms with van der Waals surface area (Å²) >= 11 is 0. The molecule has 2 fully saturated rings. The van der Waals surface area contributed by atoms with E-state index in [4.69, 9.17) is 9.72 Å². The van der Waals surface area contributed by atoms with Crippen molar-refractivity contribution in [1.29, 1.82) is 10.5 Å². The molecule has 17 nitrogen and oxygen atoms in total. The van der Waals surface area contributed by atoms with E-state index in [9.17, 15) is 28.9 Å². The van der Waals surface area contributed by atoms with E-state index in [2.05, 4.69) is 72.5 Å². The van der Waals surface area contributed by atoms with Crippen LogP contribution in [0.25, 0.3) is 66.9 Å². The van der Waals surface area contributed by atoms with Crippen molar-refractivity contribution in [2.75, 3.05) is 6.61 Å². The molecular weight excluding hydrogens is 935 g/mol. The highest BCUT2D eigenvalue weighted by atomic mass is 28.3.